The summed E-state index contributed by atoms with van der Waals surface area (Å²) < 4.78 is 0. The second-order valence-electron chi connectivity index (χ2n) is 4.52. The summed E-state index contributed by atoms with van der Waals surface area (Å²) in [6, 6.07) is 8.26. The minimum atomic E-state index is -0.334. The van der Waals surface area contributed by atoms with E-state index in [0.717, 1.165) is 0 Å². The first-order chi connectivity index (χ1) is 9.45. The van der Waals surface area contributed by atoms with Crippen LogP contribution >= 0.6 is 0 Å². The molecule has 106 valence electrons. The summed E-state index contributed by atoms with van der Waals surface area (Å²) in [5.74, 6) is -0.573. The molecule has 0 aliphatic carbocycles. The van der Waals surface area contributed by atoms with Crippen molar-refractivity contribution in [2.24, 2.45) is 0 Å². The zero-order valence-electron chi connectivity index (χ0n) is 11.6. The lowest BCUT2D eigenvalue weighted by atomic mass is 10.2. The molecule has 0 bridgehead atoms. The number of nitrogens with one attached hydrogen (secondary N) is 1. The van der Waals surface area contributed by atoms with Crippen LogP contribution in [0.5, 0.6) is 0 Å². The summed E-state index contributed by atoms with van der Waals surface area (Å²) in [7, 11) is 1.61. The van der Waals surface area contributed by atoms with Gasteiger partial charge in [0.1, 0.15) is 0 Å². The molecular weight excluding hydrogens is 256 g/mol. The first kappa shape index (κ1) is 15.5. The molecule has 3 N–H and O–H groups in total. The number of benzene rings is 1. The average Bonchev–Trinajstić information content (AvgIpc) is 2.44. The Labute approximate surface area is 118 Å². The van der Waals surface area contributed by atoms with E-state index in [4.69, 9.17) is 11.0 Å². The molecular formula is C14H18N4O2. The molecule has 6 nitrogen and oxygen atoms in total. The number of hydrogen-bond acceptors (Lipinski definition) is 4. The van der Waals surface area contributed by atoms with Gasteiger partial charge in [0.15, 0.2) is 0 Å². The van der Waals surface area contributed by atoms with Crippen molar-refractivity contribution in [3.8, 4) is 6.07 Å². The van der Waals surface area contributed by atoms with Crippen molar-refractivity contribution < 1.29 is 9.59 Å². The summed E-state index contributed by atoms with van der Waals surface area (Å²) in [5.41, 5.74) is 6.55. The molecule has 1 atom stereocenters. The van der Waals surface area contributed by atoms with Gasteiger partial charge in [0.05, 0.1) is 19.0 Å². The average molecular weight is 274 g/mol. The molecule has 1 unspecified atom stereocenters. The lowest BCUT2D eigenvalue weighted by Gasteiger charge is -2.23. The van der Waals surface area contributed by atoms with Gasteiger partial charge in [0, 0.05) is 24.3 Å². The van der Waals surface area contributed by atoms with Crippen LogP contribution in [0.15, 0.2) is 24.3 Å². The van der Waals surface area contributed by atoms with Crippen LogP contribution in [0.25, 0.3) is 0 Å². The first-order valence-electron chi connectivity index (χ1n) is 6.22. The van der Waals surface area contributed by atoms with E-state index in [2.05, 4.69) is 5.32 Å². The van der Waals surface area contributed by atoms with Crippen LogP contribution in [-0.4, -0.2) is 36.3 Å². The third-order valence-corrected chi connectivity index (χ3v) is 3.01. The Bertz CT molecular complexity index is 519. The van der Waals surface area contributed by atoms with Gasteiger partial charge in [-0.05, 0) is 31.2 Å². The Morgan fingerprint density at radius 2 is 2.00 bits per heavy atom. The van der Waals surface area contributed by atoms with Gasteiger partial charge >= 0.3 is 0 Å². The largest absolute Gasteiger partial charge is 0.399 e. The van der Waals surface area contributed by atoms with Gasteiger partial charge in [-0.3, -0.25) is 9.59 Å². The van der Waals surface area contributed by atoms with E-state index in [1.165, 1.54) is 4.90 Å². The van der Waals surface area contributed by atoms with E-state index < -0.39 is 0 Å². The van der Waals surface area contributed by atoms with Gasteiger partial charge in [-0.25, -0.2) is 0 Å². The molecule has 6 heteroatoms. The maximum atomic E-state index is 11.8. The molecule has 1 rings (SSSR count). The minimum absolute atomic E-state index is 0.102. The number of nitrogens with zero attached hydrogens (tertiary/aromatic N) is 2. The predicted molar refractivity (Wildman–Crippen MR) is 75.6 cm³/mol. The maximum absolute atomic E-state index is 11.8. The van der Waals surface area contributed by atoms with E-state index >= 15 is 0 Å². The SMILES string of the molecule is CC(CC#N)N(C)C(=O)CNC(=O)c1ccc(N)cc1. The Hall–Kier alpha value is -2.55. The summed E-state index contributed by atoms with van der Waals surface area (Å²) in [5, 5.41) is 11.1. The highest BCUT2D eigenvalue weighted by atomic mass is 16.2. The number of amides is 2. The topological polar surface area (TPSA) is 99.2 Å². The van der Waals surface area contributed by atoms with Crippen molar-refractivity contribution in [2.75, 3.05) is 19.3 Å². The normalized spacial score (nSPS) is 11.2. The van der Waals surface area contributed by atoms with Crippen LogP contribution in [0.3, 0.4) is 0 Å². The van der Waals surface area contributed by atoms with Crippen molar-refractivity contribution in [3.63, 3.8) is 0 Å². The molecule has 0 radical (unpaired) electrons. The fraction of sp³-hybridized carbons (Fsp3) is 0.357. The second kappa shape index (κ2) is 7.14. The first-order valence-corrected chi connectivity index (χ1v) is 6.22. The lowest BCUT2D eigenvalue weighted by molar-refractivity contribution is -0.130. The predicted octanol–water partition coefficient (Wildman–Crippen LogP) is 0.759. The van der Waals surface area contributed by atoms with E-state index in [9.17, 15) is 9.59 Å². The van der Waals surface area contributed by atoms with Crippen LogP contribution in [0.1, 0.15) is 23.7 Å². The summed E-state index contributed by atoms with van der Waals surface area (Å²) in [4.78, 5) is 25.1. The second-order valence-corrected chi connectivity index (χ2v) is 4.52. The van der Waals surface area contributed by atoms with Crippen LogP contribution in [-0.2, 0) is 4.79 Å². The Balaban J connectivity index is 2.50. The highest BCUT2D eigenvalue weighted by Crippen LogP contribution is 2.05. The zero-order chi connectivity index (χ0) is 15.1. The van der Waals surface area contributed by atoms with Gasteiger partial charge in [0.2, 0.25) is 5.91 Å². The molecule has 0 saturated heterocycles. The van der Waals surface area contributed by atoms with Gasteiger partial charge in [-0.1, -0.05) is 0 Å². The molecule has 0 aromatic heterocycles. The maximum Gasteiger partial charge on any atom is 0.251 e. The Kier molecular flexibility index (Phi) is 5.54. The van der Waals surface area contributed by atoms with Crippen molar-refractivity contribution in [2.45, 2.75) is 19.4 Å². The monoisotopic (exact) mass is 274 g/mol. The number of nitriles is 1. The van der Waals surface area contributed by atoms with Gasteiger partial charge < -0.3 is 16.0 Å². The third kappa shape index (κ3) is 4.28. The molecule has 0 spiro atoms. The van der Waals surface area contributed by atoms with E-state index in [1.54, 1.807) is 38.2 Å². The van der Waals surface area contributed by atoms with Crippen molar-refractivity contribution in [1.29, 1.82) is 5.26 Å². The highest BCUT2D eigenvalue weighted by Gasteiger charge is 2.16. The smallest absolute Gasteiger partial charge is 0.251 e. The van der Waals surface area contributed by atoms with Crippen LogP contribution in [0.4, 0.5) is 5.69 Å². The lowest BCUT2D eigenvalue weighted by Crippen LogP contribution is -2.42. The summed E-state index contributed by atoms with van der Waals surface area (Å²) >= 11 is 0. The number of nitrogen functional groups attached to an aromatic ring is 1. The number of nitrogens with two attached hydrogens (primary N) is 1. The number of rotatable bonds is 5. The quantitative estimate of drug-likeness (QED) is 0.774. The van der Waals surface area contributed by atoms with Crippen LogP contribution in [0, 0.1) is 11.3 Å². The molecule has 0 aliphatic heterocycles. The Morgan fingerprint density at radius 3 is 2.55 bits per heavy atom. The van der Waals surface area contributed by atoms with Gasteiger partial charge in [-0.15, -0.1) is 0 Å². The fourth-order valence-corrected chi connectivity index (χ4v) is 1.53. The standard InChI is InChI=1S/C14H18N4O2/c1-10(7-8-15)18(2)13(19)9-17-14(20)11-3-5-12(16)6-4-11/h3-6,10H,7,9,16H2,1-2H3,(H,17,20). The summed E-state index contributed by atoms with van der Waals surface area (Å²) in [6.07, 6.45) is 0.258. The van der Waals surface area contributed by atoms with Crippen molar-refractivity contribution >= 4 is 17.5 Å². The van der Waals surface area contributed by atoms with Crippen molar-refractivity contribution in [1.82, 2.24) is 10.2 Å². The molecule has 0 saturated carbocycles. The van der Waals surface area contributed by atoms with Gasteiger partial charge in [-0.2, -0.15) is 5.26 Å². The fourth-order valence-electron chi connectivity index (χ4n) is 1.53. The third-order valence-electron chi connectivity index (χ3n) is 3.01. The van der Waals surface area contributed by atoms with E-state index in [-0.39, 0.29) is 30.8 Å². The molecule has 0 aliphatic rings. The summed E-state index contributed by atoms with van der Waals surface area (Å²) in [6.45, 7) is 1.68. The number of carbonyl (C=O) groups excluding carboxylic acids is 2. The minimum Gasteiger partial charge on any atom is -0.399 e. The molecule has 20 heavy (non-hydrogen) atoms. The number of anilines is 1. The van der Waals surface area contributed by atoms with Gasteiger partial charge in [0.25, 0.3) is 5.91 Å². The number of hydrogen-bond donors (Lipinski definition) is 2. The molecule has 2 amide bonds. The van der Waals surface area contributed by atoms with Crippen LogP contribution in [0.2, 0.25) is 0 Å². The van der Waals surface area contributed by atoms with Crippen LogP contribution < -0.4 is 11.1 Å². The molecule has 0 fully saturated rings. The van der Waals surface area contributed by atoms with E-state index in [0.29, 0.717) is 11.3 Å². The highest BCUT2D eigenvalue weighted by molar-refractivity contribution is 5.96. The number of likely N-dealkylation sites (N-methyl/N-ethyl adjacent to an activating group) is 1. The Morgan fingerprint density at radius 1 is 1.40 bits per heavy atom. The van der Waals surface area contributed by atoms with Crippen molar-refractivity contribution in [3.05, 3.63) is 29.8 Å². The zero-order valence-corrected chi connectivity index (χ0v) is 11.6. The molecule has 1 aromatic carbocycles. The number of carbonyl (C=O) groups is 2. The van der Waals surface area contributed by atoms with E-state index in [1.807, 2.05) is 6.07 Å². The molecule has 0 heterocycles. The molecule has 1 aromatic rings.